The zero-order valence-electron chi connectivity index (χ0n) is 14.5. The van der Waals surface area contributed by atoms with Crippen LogP contribution in [0.5, 0.6) is 0 Å². The van der Waals surface area contributed by atoms with Gasteiger partial charge in [-0.3, -0.25) is 9.69 Å². The maximum Gasteiger partial charge on any atom is 0.273 e. The molecule has 1 saturated heterocycles. The Labute approximate surface area is 153 Å². The lowest BCUT2D eigenvalue weighted by Gasteiger charge is -2.35. The van der Waals surface area contributed by atoms with Crippen LogP contribution in [0, 0.1) is 0 Å². The van der Waals surface area contributed by atoms with Crippen LogP contribution in [0.3, 0.4) is 0 Å². The first-order chi connectivity index (χ1) is 12.2. The van der Waals surface area contributed by atoms with Crippen molar-refractivity contribution in [2.24, 2.45) is 0 Å². The topological polar surface area (TPSA) is 58.4 Å². The average molecular weight is 362 g/mol. The lowest BCUT2D eigenvalue weighted by molar-refractivity contribution is 0.0915. The van der Waals surface area contributed by atoms with E-state index in [0.29, 0.717) is 12.2 Å². The monoisotopic (exact) mass is 361 g/mol. The van der Waals surface area contributed by atoms with Gasteiger partial charge in [0.05, 0.1) is 6.04 Å². The summed E-state index contributed by atoms with van der Waals surface area (Å²) in [6.45, 7) is 4.60. The van der Waals surface area contributed by atoms with Crippen molar-refractivity contribution in [3.63, 3.8) is 0 Å². The summed E-state index contributed by atoms with van der Waals surface area (Å²) in [5, 5.41) is 7.58. The molecule has 1 aromatic heterocycles. The molecular formula is C19H24ClN3O2. The van der Waals surface area contributed by atoms with Gasteiger partial charge < -0.3 is 9.84 Å². The van der Waals surface area contributed by atoms with Gasteiger partial charge in [-0.2, -0.15) is 0 Å². The summed E-state index contributed by atoms with van der Waals surface area (Å²) in [6.07, 6.45) is 4.39. The van der Waals surface area contributed by atoms with E-state index in [2.05, 4.69) is 15.4 Å². The predicted molar refractivity (Wildman–Crippen MR) is 97.8 cm³/mol. The molecule has 0 aliphatic carbocycles. The van der Waals surface area contributed by atoms with E-state index in [-0.39, 0.29) is 11.9 Å². The van der Waals surface area contributed by atoms with E-state index in [0.717, 1.165) is 30.3 Å². The minimum Gasteiger partial charge on any atom is -0.361 e. The first-order valence-electron chi connectivity index (χ1n) is 8.90. The van der Waals surface area contributed by atoms with Crippen LogP contribution in [0.15, 0.2) is 34.9 Å². The molecule has 0 spiro atoms. The molecule has 2 aromatic rings. The van der Waals surface area contributed by atoms with Crippen LogP contribution < -0.4 is 5.32 Å². The first-order valence-corrected chi connectivity index (χ1v) is 9.28. The van der Waals surface area contributed by atoms with Crippen molar-refractivity contribution >= 4 is 17.5 Å². The molecule has 5 nitrogen and oxygen atoms in total. The van der Waals surface area contributed by atoms with Crippen molar-refractivity contribution in [1.82, 2.24) is 15.4 Å². The summed E-state index contributed by atoms with van der Waals surface area (Å²) >= 11 is 6.02. The summed E-state index contributed by atoms with van der Waals surface area (Å²) in [4.78, 5) is 14.8. The number of carbonyl (C=O) groups excluding carboxylic acids is 1. The zero-order valence-corrected chi connectivity index (χ0v) is 15.3. The highest BCUT2D eigenvalue weighted by Gasteiger charge is 2.23. The van der Waals surface area contributed by atoms with Crippen molar-refractivity contribution in [2.45, 2.75) is 38.6 Å². The number of nitrogens with one attached hydrogen (secondary N) is 1. The van der Waals surface area contributed by atoms with E-state index in [1.54, 1.807) is 6.07 Å². The second-order valence-electron chi connectivity index (χ2n) is 6.41. The predicted octanol–water partition coefficient (Wildman–Crippen LogP) is 3.85. The Morgan fingerprint density at radius 1 is 1.28 bits per heavy atom. The van der Waals surface area contributed by atoms with Gasteiger partial charge in [-0.05, 0) is 43.6 Å². The van der Waals surface area contributed by atoms with E-state index in [1.165, 1.54) is 24.8 Å². The Hall–Kier alpha value is -1.85. The number of amides is 1. The van der Waals surface area contributed by atoms with Gasteiger partial charge in [0, 0.05) is 24.1 Å². The molecule has 1 fully saturated rings. The molecule has 3 rings (SSSR count). The average Bonchev–Trinajstić information content (AvgIpc) is 3.13. The maximum absolute atomic E-state index is 12.4. The van der Waals surface area contributed by atoms with Gasteiger partial charge in [-0.25, -0.2) is 0 Å². The first kappa shape index (κ1) is 18.0. The minimum absolute atomic E-state index is 0.138. The normalized spacial score (nSPS) is 16.6. The molecule has 1 atom stereocenters. The molecule has 1 N–H and O–H groups in total. The maximum atomic E-state index is 12.4. The number of rotatable bonds is 6. The molecule has 2 heterocycles. The van der Waals surface area contributed by atoms with E-state index < -0.39 is 0 Å². The molecule has 1 aliphatic heterocycles. The number of hydrogen-bond acceptors (Lipinski definition) is 4. The van der Waals surface area contributed by atoms with Crippen molar-refractivity contribution in [1.29, 1.82) is 0 Å². The summed E-state index contributed by atoms with van der Waals surface area (Å²) in [7, 11) is 0. The highest BCUT2D eigenvalue weighted by Crippen LogP contribution is 2.25. The lowest BCUT2D eigenvalue weighted by Crippen LogP contribution is -2.40. The molecule has 6 heteroatoms. The van der Waals surface area contributed by atoms with Crippen molar-refractivity contribution in [2.75, 3.05) is 19.6 Å². The number of piperidine rings is 1. The Kier molecular flexibility index (Phi) is 6.10. The van der Waals surface area contributed by atoms with Crippen LogP contribution >= 0.6 is 11.6 Å². The fourth-order valence-corrected chi connectivity index (χ4v) is 3.37. The van der Waals surface area contributed by atoms with Gasteiger partial charge in [0.2, 0.25) is 0 Å². The van der Waals surface area contributed by atoms with Crippen molar-refractivity contribution in [3.05, 3.63) is 52.4 Å². The minimum atomic E-state index is -0.195. The number of hydrogen-bond donors (Lipinski definition) is 1. The molecule has 0 bridgehead atoms. The van der Waals surface area contributed by atoms with Crippen LogP contribution in [0.1, 0.15) is 54.0 Å². The fourth-order valence-electron chi connectivity index (χ4n) is 3.24. The molecule has 25 heavy (non-hydrogen) atoms. The van der Waals surface area contributed by atoms with Gasteiger partial charge in [0.15, 0.2) is 5.69 Å². The molecule has 0 unspecified atom stereocenters. The van der Waals surface area contributed by atoms with Crippen LogP contribution in [0.4, 0.5) is 0 Å². The van der Waals surface area contributed by atoms with Crippen LogP contribution in [-0.4, -0.2) is 35.6 Å². The summed E-state index contributed by atoms with van der Waals surface area (Å²) in [5.74, 6) is 0.523. The number of benzene rings is 1. The summed E-state index contributed by atoms with van der Waals surface area (Å²) < 4.78 is 5.12. The number of aryl methyl sites for hydroxylation is 1. The smallest absolute Gasteiger partial charge is 0.273 e. The lowest BCUT2D eigenvalue weighted by atomic mass is 10.0. The highest BCUT2D eigenvalue weighted by molar-refractivity contribution is 6.30. The van der Waals surface area contributed by atoms with Gasteiger partial charge in [0.1, 0.15) is 5.76 Å². The number of nitrogens with zero attached hydrogens (tertiary/aromatic N) is 2. The van der Waals surface area contributed by atoms with Gasteiger partial charge in [-0.1, -0.05) is 42.2 Å². The van der Waals surface area contributed by atoms with Crippen molar-refractivity contribution in [3.8, 4) is 0 Å². The van der Waals surface area contributed by atoms with E-state index >= 15 is 0 Å². The zero-order chi connectivity index (χ0) is 17.6. The molecule has 1 aromatic carbocycles. The van der Waals surface area contributed by atoms with E-state index in [1.807, 2.05) is 31.2 Å². The molecule has 0 saturated carbocycles. The highest BCUT2D eigenvalue weighted by atomic mass is 35.5. The number of carbonyl (C=O) groups is 1. The molecule has 1 amide bonds. The third kappa shape index (κ3) is 4.61. The third-order valence-corrected chi connectivity index (χ3v) is 4.93. The second-order valence-corrected chi connectivity index (χ2v) is 6.84. The Bertz CT molecular complexity index is 693. The number of aromatic nitrogens is 1. The van der Waals surface area contributed by atoms with Crippen molar-refractivity contribution < 1.29 is 9.32 Å². The summed E-state index contributed by atoms with van der Waals surface area (Å²) in [6, 6.07) is 9.73. The Balaban J connectivity index is 1.70. The molecule has 1 aliphatic rings. The molecule has 0 radical (unpaired) electrons. The largest absolute Gasteiger partial charge is 0.361 e. The molecular weight excluding hydrogens is 338 g/mol. The number of likely N-dealkylation sites (tertiary alicyclic amines) is 1. The third-order valence-electron chi connectivity index (χ3n) is 4.68. The van der Waals surface area contributed by atoms with E-state index in [4.69, 9.17) is 16.1 Å². The van der Waals surface area contributed by atoms with Crippen LogP contribution in [0.2, 0.25) is 5.02 Å². The van der Waals surface area contributed by atoms with Gasteiger partial charge in [-0.15, -0.1) is 0 Å². The van der Waals surface area contributed by atoms with E-state index in [9.17, 15) is 4.79 Å². The summed E-state index contributed by atoms with van der Waals surface area (Å²) in [5.41, 5.74) is 1.51. The second kappa shape index (κ2) is 8.50. The van der Waals surface area contributed by atoms with Gasteiger partial charge in [0.25, 0.3) is 5.91 Å². The quantitative estimate of drug-likeness (QED) is 0.849. The fraction of sp³-hybridized carbons (Fsp3) is 0.474. The Morgan fingerprint density at radius 2 is 2.00 bits per heavy atom. The number of halogens is 1. The van der Waals surface area contributed by atoms with Crippen LogP contribution in [-0.2, 0) is 6.42 Å². The molecule has 134 valence electrons. The van der Waals surface area contributed by atoms with Gasteiger partial charge >= 0.3 is 0 Å². The SMILES string of the molecule is CCc1cc(C(=O)NC[C@H](c2ccc(Cl)cc2)N2CCCCC2)no1. The standard InChI is InChI=1S/C19H24ClN3O2/c1-2-16-12-17(22-25-16)19(24)21-13-18(23-10-4-3-5-11-23)14-6-8-15(20)9-7-14/h6-9,12,18H,2-5,10-11,13H2,1H3,(H,21,24)/t18-/m1/s1. The Morgan fingerprint density at radius 3 is 2.64 bits per heavy atom. The van der Waals surface area contributed by atoms with Crippen LogP contribution in [0.25, 0.3) is 0 Å².